The van der Waals surface area contributed by atoms with Gasteiger partial charge in [-0.3, -0.25) is 4.79 Å². The monoisotopic (exact) mass is 303 g/mol. The van der Waals surface area contributed by atoms with E-state index < -0.39 is 0 Å². The van der Waals surface area contributed by atoms with Crippen molar-refractivity contribution in [3.05, 3.63) is 52.2 Å². The Balaban J connectivity index is 1.92. The summed E-state index contributed by atoms with van der Waals surface area (Å²) in [5, 5.41) is 4.81. The van der Waals surface area contributed by atoms with Gasteiger partial charge in [-0.1, -0.05) is 12.1 Å². The molecule has 2 rings (SSSR count). The molecule has 4 nitrogen and oxygen atoms in total. The molecule has 0 atom stereocenters. The van der Waals surface area contributed by atoms with E-state index in [9.17, 15) is 4.79 Å². The van der Waals surface area contributed by atoms with Crippen LogP contribution in [-0.4, -0.2) is 20.1 Å². The molecule has 0 saturated carbocycles. The SMILES string of the molecule is COc1ccc(CNC(=O)C=Cc2cccs2)cc1OC. The molecule has 0 aliphatic carbocycles. The van der Waals surface area contributed by atoms with Crippen LogP contribution in [0.5, 0.6) is 11.5 Å². The fourth-order valence-electron chi connectivity index (χ4n) is 1.78. The fourth-order valence-corrected chi connectivity index (χ4v) is 2.40. The normalized spacial score (nSPS) is 10.6. The summed E-state index contributed by atoms with van der Waals surface area (Å²) in [6.45, 7) is 0.438. The molecule has 1 heterocycles. The van der Waals surface area contributed by atoms with Gasteiger partial charge in [-0.05, 0) is 35.2 Å². The van der Waals surface area contributed by atoms with E-state index in [0.29, 0.717) is 18.0 Å². The van der Waals surface area contributed by atoms with Crippen LogP contribution in [0.4, 0.5) is 0 Å². The highest BCUT2D eigenvalue weighted by atomic mass is 32.1. The van der Waals surface area contributed by atoms with Gasteiger partial charge in [0.25, 0.3) is 0 Å². The molecule has 0 fully saturated rings. The number of amides is 1. The van der Waals surface area contributed by atoms with E-state index in [-0.39, 0.29) is 5.91 Å². The van der Waals surface area contributed by atoms with Crippen LogP contribution in [-0.2, 0) is 11.3 Å². The van der Waals surface area contributed by atoms with Crippen molar-refractivity contribution in [2.24, 2.45) is 0 Å². The Morgan fingerprint density at radius 1 is 1.24 bits per heavy atom. The molecule has 1 amide bonds. The van der Waals surface area contributed by atoms with Crippen molar-refractivity contribution in [1.82, 2.24) is 5.32 Å². The number of rotatable bonds is 6. The summed E-state index contributed by atoms with van der Waals surface area (Å²) in [6.07, 6.45) is 3.33. The second-order valence-corrected chi connectivity index (χ2v) is 5.24. The number of benzene rings is 1. The predicted molar refractivity (Wildman–Crippen MR) is 84.7 cm³/mol. The fraction of sp³-hybridized carbons (Fsp3) is 0.188. The zero-order valence-corrected chi connectivity index (χ0v) is 12.8. The molecule has 1 N–H and O–H groups in total. The van der Waals surface area contributed by atoms with E-state index in [2.05, 4.69) is 5.32 Å². The van der Waals surface area contributed by atoms with Gasteiger partial charge < -0.3 is 14.8 Å². The standard InChI is InChI=1S/C16H17NO3S/c1-19-14-7-5-12(10-15(14)20-2)11-17-16(18)8-6-13-4-3-9-21-13/h3-10H,11H2,1-2H3,(H,17,18). The molecule has 0 bridgehead atoms. The maximum atomic E-state index is 11.7. The lowest BCUT2D eigenvalue weighted by atomic mass is 10.2. The molecule has 0 unspecified atom stereocenters. The van der Waals surface area contributed by atoms with Crippen LogP contribution in [0.15, 0.2) is 41.8 Å². The molecule has 0 saturated heterocycles. The van der Waals surface area contributed by atoms with Gasteiger partial charge in [0, 0.05) is 17.5 Å². The smallest absolute Gasteiger partial charge is 0.244 e. The van der Waals surface area contributed by atoms with Crippen molar-refractivity contribution in [2.45, 2.75) is 6.54 Å². The number of ether oxygens (including phenoxy) is 2. The third-order valence-corrected chi connectivity index (χ3v) is 3.69. The van der Waals surface area contributed by atoms with Crippen LogP contribution < -0.4 is 14.8 Å². The minimum Gasteiger partial charge on any atom is -0.493 e. The molecule has 1 aromatic carbocycles. The van der Waals surface area contributed by atoms with Crippen LogP contribution in [0.1, 0.15) is 10.4 Å². The lowest BCUT2D eigenvalue weighted by Crippen LogP contribution is -2.20. The van der Waals surface area contributed by atoms with Gasteiger partial charge in [-0.2, -0.15) is 0 Å². The molecular weight excluding hydrogens is 286 g/mol. The van der Waals surface area contributed by atoms with Crippen LogP contribution in [0.25, 0.3) is 6.08 Å². The highest BCUT2D eigenvalue weighted by molar-refractivity contribution is 7.10. The minimum atomic E-state index is -0.127. The number of hydrogen-bond acceptors (Lipinski definition) is 4. The van der Waals surface area contributed by atoms with Gasteiger partial charge in [0.05, 0.1) is 14.2 Å². The first-order valence-corrected chi connectivity index (χ1v) is 7.31. The van der Waals surface area contributed by atoms with Crippen molar-refractivity contribution in [1.29, 1.82) is 0 Å². The molecule has 21 heavy (non-hydrogen) atoms. The number of thiophene rings is 1. The summed E-state index contributed by atoms with van der Waals surface area (Å²) in [5.41, 5.74) is 0.950. The first-order valence-electron chi connectivity index (χ1n) is 6.43. The molecule has 0 aliphatic rings. The average molecular weight is 303 g/mol. The number of carbonyl (C=O) groups excluding carboxylic acids is 1. The Morgan fingerprint density at radius 2 is 2.05 bits per heavy atom. The highest BCUT2D eigenvalue weighted by Crippen LogP contribution is 2.27. The zero-order valence-electron chi connectivity index (χ0n) is 12.0. The molecule has 0 spiro atoms. The lowest BCUT2D eigenvalue weighted by Gasteiger charge is -2.09. The lowest BCUT2D eigenvalue weighted by molar-refractivity contribution is -0.116. The maximum Gasteiger partial charge on any atom is 0.244 e. The molecular formula is C16H17NO3S. The Morgan fingerprint density at radius 3 is 2.71 bits per heavy atom. The van der Waals surface area contributed by atoms with E-state index >= 15 is 0 Å². The van der Waals surface area contributed by atoms with Crippen molar-refractivity contribution >= 4 is 23.3 Å². The molecule has 0 radical (unpaired) electrons. The molecule has 5 heteroatoms. The molecule has 110 valence electrons. The van der Waals surface area contributed by atoms with E-state index in [4.69, 9.17) is 9.47 Å². The van der Waals surface area contributed by atoms with Crippen molar-refractivity contribution in [3.63, 3.8) is 0 Å². The van der Waals surface area contributed by atoms with Crippen LogP contribution in [0, 0.1) is 0 Å². The van der Waals surface area contributed by atoms with Crippen LogP contribution in [0.3, 0.4) is 0 Å². The van der Waals surface area contributed by atoms with E-state index in [1.54, 1.807) is 31.6 Å². The number of nitrogens with one attached hydrogen (secondary N) is 1. The topological polar surface area (TPSA) is 47.6 Å². The van der Waals surface area contributed by atoms with Gasteiger partial charge in [0.15, 0.2) is 11.5 Å². The Labute approximate surface area is 128 Å². The number of carbonyl (C=O) groups is 1. The number of hydrogen-bond donors (Lipinski definition) is 1. The largest absolute Gasteiger partial charge is 0.493 e. The van der Waals surface area contributed by atoms with Gasteiger partial charge in [0.2, 0.25) is 5.91 Å². The van der Waals surface area contributed by atoms with E-state index in [0.717, 1.165) is 10.4 Å². The zero-order chi connectivity index (χ0) is 15.1. The predicted octanol–water partition coefficient (Wildman–Crippen LogP) is 3.09. The van der Waals surface area contributed by atoms with Crippen LogP contribution in [0.2, 0.25) is 0 Å². The molecule has 2 aromatic rings. The van der Waals surface area contributed by atoms with Crippen LogP contribution >= 0.6 is 11.3 Å². The minimum absolute atomic E-state index is 0.127. The first kappa shape index (κ1) is 15.1. The van der Waals surface area contributed by atoms with E-state index in [1.807, 2.05) is 35.7 Å². The Hall–Kier alpha value is -2.27. The average Bonchev–Trinajstić information content (AvgIpc) is 3.04. The summed E-state index contributed by atoms with van der Waals surface area (Å²) >= 11 is 1.59. The van der Waals surface area contributed by atoms with Crippen molar-refractivity contribution in [2.75, 3.05) is 14.2 Å². The third-order valence-electron chi connectivity index (χ3n) is 2.86. The first-order chi connectivity index (χ1) is 10.2. The quantitative estimate of drug-likeness (QED) is 0.834. The highest BCUT2D eigenvalue weighted by Gasteiger charge is 2.05. The summed E-state index contributed by atoms with van der Waals surface area (Å²) < 4.78 is 10.4. The number of methoxy groups -OCH3 is 2. The van der Waals surface area contributed by atoms with Gasteiger partial charge in [-0.15, -0.1) is 11.3 Å². The molecule has 1 aromatic heterocycles. The summed E-state index contributed by atoms with van der Waals surface area (Å²) in [4.78, 5) is 12.8. The molecule has 0 aliphatic heterocycles. The van der Waals surface area contributed by atoms with Gasteiger partial charge in [-0.25, -0.2) is 0 Å². The Kier molecular flexibility index (Phi) is 5.40. The van der Waals surface area contributed by atoms with Crippen molar-refractivity contribution in [3.8, 4) is 11.5 Å². The van der Waals surface area contributed by atoms with Crippen molar-refractivity contribution < 1.29 is 14.3 Å². The second-order valence-electron chi connectivity index (χ2n) is 4.26. The summed E-state index contributed by atoms with van der Waals surface area (Å²) in [5.74, 6) is 1.20. The Bertz CT molecular complexity index is 620. The van der Waals surface area contributed by atoms with Gasteiger partial charge in [0.1, 0.15) is 0 Å². The third kappa shape index (κ3) is 4.36. The maximum absolute atomic E-state index is 11.7. The second kappa shape index (κ2) is 7.50. The summed E-state index contributed by atoms with van der Waals surface area (Å²) in [7, 11) is 3.18. The van der Waals surface area contributed by atoms with E-state index in [1.165, 1.54) is 6.08 Å². The summed E-state index contributed by atoms with van der Waals surface area (Å²) in [6, 6.07) is 9.48. The van der Waals surface area contributed by atoms with Gasteiger partial charge >= 0.3 is 0 Å².